The van der Waals surface area contributed by atoms with Crippen molar-refractivity contribution in [3.63, 3.8) is 0 Å². The van der Waals surface area contributed by atoms with Gasteiger partial charge in [-0.2, -0.15) is 0 Å². The molecule has 0 amide bonds. The molecule has 0 aromatic heterocycles. The van der Waals surface area contributed by atoms with Crippen molar-refractivity contribution in [1.82, 2.24) is 5.32 Å². The molecule has 0 radical (unpaired) electrons. The number of benzene rings is 1. The summed E-state index contributed by atoms with van der Waals surface area (Å²) in [6, 6.07) is 5.97. The molecule has 1 aliphatic carbocycles. The van der Waals surface area contributed by atoms with Crippen LogP contribution < -0.4 is 5.32 Å². The van der Waals surface area contributed by atoms with Gasteiger partial charge >= 0.3 is 0 Å². The largest absolute Gasteiger partial charge is 0.393 e. The molecule has 3 rings (SSSR count). The average molecular weight is 253 g/mol. The van der Waals surface area contributed by atoms with Gasteiger partial charge in [-0.1, -0.05) is 12.1 Å². The van der Waals surface area contributed by atoms with Crippen molar-refractivity contribution >= 4 is 11.8 Å². The molecule has 1 aromatic rings. The van der Waals surface area contributed by atoms with Gasteiger partial charge in [0.1, 0.15) is 5.82 Å². The Bertz CT molecular complexity index is 420. The van der Waals surface area contributed by atoms with Crippen molar-refractivity contribution in [2.24, 2.45) is 0 Å². The summed E-state index contributed by atoms with van der Waals surface area (Å²) in [5.74, 6) is 0.855. The number of hydrogen-bond acceptors (Lipinski definition) is 3. The minimum atomic E-state index is -0.141. The van der Waals surface area contributed by atoms with Gasteiger partial charge in [-0.15, -0.1) is 11.8 Å². The lowest BCUT2D eigenvalue weighted by Gasteiger charge is -2.37. The summed E-state index contributed by atoms with van der Waals surface area (Å²) < 4.78 is 13.7. The van der Waals surface area contributed by atoms with E-state index in [2.05, 4.69) is 5.32 Å². The number of fused-ring (bicyclic) bond motifs is 1. The molecule has 0 saturated heterocycles. The third-order valence-corrected chi connectivity index (χ3v) is 4.74. The van der Waals surface area contributed by atoms with Gasteiger partial charge in [-0.25, -0.2) is 4.39 Å². The topological polar surface area (TPSA) is 32.3 Å². The molecule has 0 bridgehead atoms. The van der Waals surface area contributed by atoms with Crippen molar-refractivity contribution in [1.29, 1.82) is 0 Å². The number of thioether (sulfide) groups is 1. The fourth-order valence-electron chi connectivity index (χ4n) is 2.57. The predicted octanol–water partition coefficient (Wildman–Crippen LogP) is 2.48. The molecule has 92 valence electrons. The molecular formula is C13H16FNOS. The van der Waals surface area contributed by atoms with Crippen molar-refractivity contribution < 1.29 is 9.50 Å². The predicted molar refractivity (Wildman–Crippen MR) is 66.6 cm³/mol. The Morgan fingerprint density at radius 1 is 1.35 bits per heavy atom. The van der Waals surface area contributed by atoms with Gasteiger partial charge < -0.3 is 10.4 Å². The maximum atomic E-state index is 13.7. The first kappa shape index (κ1) is 11.5. The summed E-state index contributed by atoms with van der Waals surface area (Å²) in [6.45, 7) is 0. The van der Waals surface area contributed by atoms with Gasteiger partial charge in [-0.3, -0.25) is 0 Å². The van der Waals surface area contributed by atoms with E-state index >= 15 is 0 Å². The maximum absolute atomic E-state index is 13.7. The van der Waals surface area contributed by atoms with Crippen LogP contribution in [0.25, 0.3) is 0 Å². The van der Waals surface area contributed by atoms with E-state index in [1.54, 1.807) is 17.8 Å². The van der Waals surface area contributed by atoms with Crippen molar-refractivity contribution in [3.05, 3.63) is 29.6 Å². The molecule has 1 atom stereocenters. The molecule has 2 N–H and O–H groups in total. The lowest BCUT2D eigenvalue weighted by atomic mass is 9.88. The Kier molecular flexibility index (Phi) is 3.11. The lowest BCUT2D eigenvalue weighted by Crippen LogP contribution is -2.46. The molecular weight excluding hydrogens is 237 g/mol. The summed E-state index contributed by atoms with van der Waals surface area (Å²) in [7, 11) is 0. The van der Waals surface area contributed by atoms with Gasteiger partial charge in [-0.05, 0) is 36.6 Å². The number of aliphatic hydroxyl groups excluding tert-OH is 1. The zero-order chi connectivity index (χ0) is 11.8. The Morgan fingerprint density at radius 2 is 2.18 bits per heavy atom. The van der Waals surface area contributed by atoms with Crippen LogP contribution in [0.2, 0.25) is 0 Å². The number of aliphatic hydroxyl groups is 1. The SMILES string of the molecule is OC1CC(NC2CCSc3c(F)cccc32)C1. The zero-order valence-corrected chi connectivity index (χ0v) is 10.3. The fourth-order valence-corrected chi connectivity index (χ4v) is 3.71. The van der Waals surface area contributed by atoms with E-state index < -0.39 is 0 Å². The van der Waals surface area contributed by atoms with Crippen molar-refractivity contribution in [3.8, 4) is 0 Å². The van der Waals surface area contributed by atoms with Crippen LogP contribution in [0.1, 0.15) is 30.9 Å². The quantitative estimate of drug-likeness (QED) is 0.849. The zero-order valence-electron chi connectivity index (χ0n) is 9.53. The van der Waals surface area contributed by atoms with E-state index in [4.69, 9.17) is 0 Å². The average Bonchev–Trinajstić information content (AvgIpc) is 2.28. The Labute approximate surface area is 105 Å². The standard InChI is InChI=1S/C13H16FNOS/c14-11-3-1-2-10-12(4-5-17-13(10)11)15-8-6-9(16)7-8/h1-3,8-9,12,15-16H,4-7H2. The summed E-state index contributed by atoms with van der Waals surface area (Å²) in [5.41, 5.74) is 1.09. The number of halogens is 1. The third-order valence-electron chi connectivity index (χ3n) is 3.58. The van der Waals surface area contributed by atoms with E-state index in [9.17, 15) is 9.50 Å². The summed E-state index contributed by atoms with van der Waals surface area (Å²) in [4.78, 5) is 0.802. The molecule has 2 nitrogen and oxygen atoms in total. The summed E-state index contributed by atoms with van der Waals surface area (Å²) >= 11 is 1.61. The van der Waals surface area contributed by atoms with Crippen molar-refractivity contribution in [2.45, 2.75) is 42.3 Å². The third kappa shape index (κ3) is 2.21. The van der Waals surface area contributed by atoms with E-state index in [-0.39, 0.29) is 18.0 Å². The van der Waals surface area contributed by atoms with E-state index in [0.717, 1.165) is 35.5 Å². The van der Waals surface area contributed by atoms with Gasteiger partial charge in [0.15, 0.2) is 0 Å². The van der Waals surface area contributed by atoms with Crippen LogP contribution in [0, 0.1) is 5.82 Å². The van der Waals surface area contributed by atoms with Crippen molar-refractivity contribution in [2.75, 3.05) is 5.75 Å². The second kappa shape index (κ2) is 4.59. The van der Waals surface area contributed by atoms with Crippen LogP contribution in [-0.2, 0) is 0 Å². The first-order valence-electron chi connectivity index (χ1n) is 6.09. The van der Waals surface area contributed by atoms with Crippen LogP contribution in [0.4, 0.5) is 4.39 Å². The molecule has 1 saturated carbocycles. The molecule has 1 unspecified atom stereocenters. The molecule has 1 fully saturated rings. The van der Waals surface area contributed by atoms with E-state index in [1.807, 2.05) is 6.07 Å². The first-order chi connectivity index (χ1) is 8.24. The second-order valence-electron chi connectivity index (χ2n) is 4.84. The lowest BCUT2D eigenvalue weighted by molar-refractivity contribution is 0.0571. The Hall–Kier alpha value is -0.580. The number of hydrogen-bond donors (Lipinski definition) is 2. The van der Waals surface area contributed by atoms with Crippen LogP contribution >= 0.6 is 11.8 Å². The minimum absolute atomic E-state index is 0.104. The Morgan fingerprint density at radius 3 is 2.94 bits per heavy atom. The smallest absolute Gasteiger partial charge is 0.137 e. The molecule has 1 aromatic carbocycles. The Balaban J connectivity index is 1.77. The highest BCUT2D eigenvalue weighted by Crippen LogP contribution is 2.38. The van der Waals surface area contributed by atoms with Gasteiger partial charge in [0.2, 0.25) is 0 Å². The van der Waals surface area contributed by atoms with Crippen LogP contribution in [-0.4, -0.2) is 23.0 Å². The highest BCUT2D eigenvalue weighted by atomic mass is 32.2. The van der Waals surface area contributed by atoms with Crippen LogP contribution in [0.15, 0.2) is 23.1 Å². The fraction of sp³-hybridized carbons (Fsp3) is 0.538. The van der Waals surface area contributed by atoms with E-state index in [0.29, 0.717) is 6.04 Å². The van der Waals surface area contributed by atoms with Gasteiger partial charge in [0.05, 0.1) is 6.10 Å². The monoisotopic (exact) mass is 253 g/mol. The highest BCUT2D eigenvalue weighted by molar-refractivity contribution is 7.99. The molecule has 0 spiro atoms. The molecule has 1 aliphatic heterocycles. The van der Waals surface area contributed by atoms with Crippen LogP contribution in [0.3, 0.4) is 0 Å². The summed E-state index contributed by atoms with van der Waals surface area (Å²) in [5, 5.41) is 12.8. The van der Waals surface area contributed by atoms with Gasteiger partial charge in [0.25, 0.3) is 0 Å². The normalized spacial score (nSPS) is 31.8. The number of rotatable bonds is 2. The molecule has 1 heterocycles. The van der Waals surface area contributed by atoms with E-state index in [1.165, 1.54) is 6.07 Å². The van der Waals surface area contributed by atoms with Crippen LogP contribution in [0.5, 0.6) is 0 Å². The molecule has 17 heavy (non-hydrogen) atoms. The maximum Gasteiger partial charge on any atom is 0.137 e. The second-order valence-corrected chi connectivity index (χ2v) is 5.94. The molecule has 4 heteroatoms. The highest BCUT2D eigenvalue weighted by Gasteiger charge is 2.31. The first-order valence-corrected chi connectivity index (χ1v) is 7.08. The summed E-state index contributed by atoms with van der Waals surface area (Å²) in [6.07, 6.45) is 2.55. The molecule has 2 aliphatic rings. The minimum Gasteiger partial charge on any atom is -0.393 e. The number of nitrogens with one attached hydrogen (secondary N) is 1. The van der Waals surface area contributed by atoms with Gasteiger partial charge in [0, 0.05) is 17.0 Å².